The SMILES string of the molecule is CS(=O)(=O)c1nc2c(c(=O)[nH]1)CCN(Cc1cc(-c3ccccc3)cs1)C2. The van der Waals surface area contributed by atoms with Crippen molar-refractivity contribution in [2.24, 2.45) is 0 Å². The quantitative estimate of drug-likeness (QED) is 0.679. The van der Waals surface area contributed by atoms with Gasteiger partial charge in [-0.2, -0.15) is 0 Å². The molecule has 3 aromatic rings. The smallest absolute Gasteiger partial charge is 0.255 e. The first-order valence-corrected chi connectivity index (χ1v) is 11.3. The number of hydrogen-bond acceptors (Lipinski definition) is 6. The van der Waals surface area contributed by atoms with Gasteiger partial charge in [-0.05, 0) is 29.0 Å². The number of thiophene rings is 1. The molecule has 0 spiro atoms. The van der Waals surface area contributed by atoms with Crippen molar-refractivity contribution in [3.05, 3.63) is 68.3 Å². The van der Waals surface area contributed by atoms with E-state index in [2.05, 4.69) is 38.4 Å². The third-order valence-electron chi connectivity index (χ3n) is 4.62. The molecule has 0 atom stereocenters. The molecule has 1 aliphatic rings. The highest BCUT2D eigenvalue weighted by molar-refractivity contribution is 7.90. The molecular weight excluding hydrogens is 382 g/mol. The normalized spacial score (nSPS) is 14.9. The van der Waals surface area contributed by atoms with Crippen molar-refractivity contribution in [3.63, 3.8) is 0 Å². The van der Waals surface area contributed by atoms with E-state index < -0.39 is 9.84 Å². The summed E-state index contributed by atoms with van der Waals surface area (Å²) in [5.74, 6) is 0. The first-order chi connectivity index (χ1) is 12.9. The lowest BCUT2D eigenvalue weighted by atomic mass is 10.1. The molecule has 4 rings (SSSR count). The molecule has 1 aromatic carbocycles. The van der Waals surface area contributed by atoms with Gasteiger partial charge in [0.25, 0.3) is 5.56 Å². The molecule has 0 amide bonds. The number of rotatable bonds is 4. The largest absolute Gasteiger partial charge is 0.297 e. The van der Waals surface area contributed by atoms with Gasteiger partial charge in [0.2, 0.25) is 15.0 Å². The number of hydrogen-bond donors (Lipinski definition) is 1. The standard InChI is InChI=1S/C19H19N3O3S2/c1-27(24,25)19-20-17-11-22(8-7-16(17)18(23)21-19)10-15-9-14(12-26-15)13-5-3-2-4-6-13/h2-6,9,12H,7-8,10-11H2,1H3,(H,20,21,23). The number of aromatic amines is 1. The second-order valence-electron chi connectivity index (χ2n) is 6.70. The van der Waals surface area contributed by atoms with Crippen LogP contribution in [0, 0.1) is 0 Å². The third-order valence-corrected chi connectivity index (χ3v) is 6.44. The van der Waals surface area contributed by atoms with Crippen LogP contribution >= 0.6 is 11.3 Å². The van der Waals surface area contributed by atoms with E-state index in [0.717, 1.165) is 19.3 Å². The fourth-order valence-corrected chi connectivity index (χ4v) is 4.74. The highest BCUT2D eigenvalue weighted by Gasteiger charge is 2.23. The van der Waals surface area contributed by atoms with Crippen LogP contribution in [-0.2, 0) is 29.3 Å². The van der Waals surface area contributed by atoms with E-state index in [9.17, 15) is 13.2 Å². The van der Waals surface area contributed by atoms with Crippen molar-refractivity contribution in [1.82, 2.24) is 14.9 Å². The zero-order valence-corrected chi connectivity index (χ0v) is 16.4. The molecule has 2 aromatic heterocycles. The minimum absolute atomic E-state index is 0.254. The summed E-state index contributed by atoms with van der Waals surface area (Å²) >= 11 is 1.70. The van der Waals surface area contributed by atoms with Gasteiger partial charge >= 0.3 is 0 Å². The zero-order chi connectivity index (χ0) is 19.0. The Morgan fingerprint density at radius 3 is 2.74 bits per heavy atom. The summed E-state index contributed by atoms with van der Waals surface area (Å²) in [5.41, 5.74) is 3.19. The van der Waals surface area contributed by atoms with E-state index >= 15 is 0 Å². The van der Waals surface area contributed by atoms with Crippen molar-refractivity contribution in [1.29, 1.82) is 0 Å². The van der Waals surface area contributed by atoms with Gasteiger partial charge in [-0.25, -0.2) is 13.4 Å². The Bertz CT molecular complexity index is 1130. The van der Waals surface area contributed by atoms with Crippen LogP contribution in [-0.4, -0.2) is 36.1 Å². The summed E-state index contributed by atoms with van der Waals surface area (Å²) < 4.78 is 23.5. The Labute approximate surface area is 161 Å². The van der Waals surface area contributed by atoms with Crippen molar-refractivity contribution < 1.29 is 8.42 Å². The van der Waals surface area contributed by atoms with Crippen LogP contribution in [0.1, 0.15) is 16.1 Å². The summed E-state index contributed by atoms with van der Waals surface area (Å²) in [7, 11) is -3.55. The molecule has 1 aliphatic heterocycles. The lowest BCUT2D eigenvalue weighted by molar-refractivity contribution is 0.241. The minimum Gasteiger partial charge on any atom is -0.297 e. The van der Waals surface area contributed by atoms with Gasteiger partial charge in [-0.1, -0.05) is 30.3 Å². The lowest BCUT2D eigenvalue weighted by Crippen LogP contribution is -2.35. The molecule has 3 heterocycles. The summed E-state index contributed by atoms with van der Waals surface area (Å²) in [5, 5.41) is 1.89. The second-order valence-corrected chi connectivity index (χ2v) is 9.62. The lowest BCUT2D eigenvalue weighted by Gasteiger charge is -2.27. The fourth-order valence-electron chi connectivity index (χ4n) is 3.25. The number of nitrogens with zero attached hydrogens (tertiary/aromatic N) is 2. The number of fused-ring (bicyclic) bond motifs is 1. The fraction of sp³-hybridized carbons (Fsp3) is 0.263. The van der Waals surface area contributed by atoms with Crippen LogP contribution < -0.4 is 5.56 Å². The zero-order valence-electron chi connectivity index (χ0n) is 14.8. The van der Waals surface area contributed by atoms with E-state index in [-0.39, 0.29) is 10.7 Å². The number of sulfone groups is 1. The first-order valence-electron chi connectivity index (χ1n) is 8.57. The van der Waals surface area contributed by atoms with Crippen LogP contribution in [0.2, 0.25) is 0 Å². The van der Waals surface area contributed by atoms with Gasteiger partial charge < -0.3 is 0 Å². The Morgan fingerprint density at radius 2 is 2.00 bits per heavy atom. The van der Waals surface area contributed by atoms with E-state index in [0.29, 0.717) is 24.2 Å². The predicted octanol–water partition coefficient (Wildman–Crippen LogP) is 2.46. The second kappa shape index (κ2) is 7.03. The van der Waals surface area contributed by atoms with Gasteiger partial charge in [0, 0.05) is 36.3 Å². The van der Waals surface area contributed by atoms with Gasteiger partial charge in [0.1, 0.15) is 0 Å². The molecule has 0 unspecified atom stereocenters. The van der Waals surface area contributed by atoms with Crippen molar-refractivity contribution in [2.75, 3.05) is 12.8 Å². The molecule has 0 saturated heterocycles. The van der Waals surface area contributed by atoms with Crippen molar-refractivity contribution in [3.8, 4) is 11.1 Å². The van der Waals surface area contributed by atoms with Crippen LogP contribution in [0.5, 0.6) is 0 Å². The maximum Gasteiger partial charge on any atom is 0.255 e. The molecule has 0 fully saturated rings. The number of aromatic nitrogens is 2. The average molecular weight is 402 g/mol. The monoisotopic (exact) mass is 401 g/mol. The number of H-pyrrole nitrogens is 1. The van der Waals surface area contributed by atoms with E-state index in [4.69, 9.17) is 0 Å². The van der Waals surface area contributed by atoms with Gasteiger partial charge in [0.05, 0.1) is 5.69 Å². The maximum absolute atomic E-state index is 12.2. The molecule has 8 heteroatoms. The molecule has 0 saturated carbocycles. The van der Waals surface area contributed by atoms with Crippen LogP contribution in [0.4, 0.5) is 0 Å². The molecule has 27 heavy (non-hydrogen) atoms. The van der Waals surface area contributed by atoms with Crippen molar-refractivity contribution in [2.45, 2.75) is 24.7 Å². The topological polar surface area (TPSA) is 83.1 Å². The Balaban J connectivity index is 1.54. The van der Waals surface area contributed by atoms with Crippen LogP contribution in [0.15, 0.2) is 51.7 Å². The predicted molar refractivity (Wildman–Crippen MR) is 106 cm³/mol. The highest BCUT2D eigenvalue weighted by atomic mass is 32.2. The summed E-state index contributed by atoms with van der Waals surface area (Å²) in [6.45, 7) is 1.97. The highest BCUT2D eigenvalue weighted by Crippen LogP contribution is 2.27. The van der Waals surface area contributed by atoms with Crippen LogP contribution in [0.25, 0.3) is 11.1 Å². The van der Waals surface area contributed by atoms with E-state index in [1.54, 1.807) is 11.3 Å². The molecule has 0 aliphatic carbocycles. The maximum atomic E-state index is 12.2. The van der Waals surface area contributed by atoms with E-state index in [1.165, 1.54) is 16.0 Å². The minimum atomic E-state index is -3.55. The summed E-state index contributed by atoms with van der Waals surface area (Å²) in [6.07, 6.45) is 1.62. The Hall–Kier alpha value is -2.29. The first kappa shape index (κ1) is 18.1. The molecule has 140 valence electrons. The number of nitrogens with one attached hydrogen (secondary N) is 1. The summed E-state index contributed by atoms with van der Waals surface area (Å²) in [6, 6.07) is 12.4. The van der Waals surface area contributed by atoms with Gasteiger partial charge in [-0.3, -0.25) is 14.7 Å². The number of benzene rings is 1. The van der Waals surface area contributed by atoms with Crippen LogP contribution in [0.3, 0.4) is 0 Å². The molecular formula is C19H19N3O3S2. The molecule has 1 N–H and O–H groups in total. The summed E-state index contributed by atoms with van der Waals surface area (Å²) in [4.78, 5) is 22.2. The molecule has 0 bridgehead atoms. The third kappa shape index (κ3) is 3.87. The Kier molecular flexibility index (Phi) is 4.71. The van der Waals surface area contributed by atoms with Crippen molar-refractivity contribution >= 4 is 21.2 Å². The Morgan fingerprint density at radius 1 is 1.22 bits per heavy atom. The van der Waals surface area contributed by atoms with Gasteiger partial charge in [0.15, 0.2) is 0 Å². The molecule has 6 nitrogen and oxygen atoms in total. The average Bonchev–Trinajstić information content (AvgIpc) is 3.10. The molecule has 0 radical (unpaired) electrons. The van der Waals surface area contributed by atoms with Gasteiger partial charge in [-0.15, -0.1) is 11.3 Å². The van der Waals surface area contributed by atoms with E-state index in [1.807, 2.05) is 18.2 Å².